The zero-order chi connectivity index (χ0) is 27.3. The van der Waals surface area contributed by atoms with Crippen LogP contribution in [0.1, 0.15) is 43.2 Å². The van der Waals surface area contributed by atoms with Crippen LogP contribution in [0.15, 0.2) is 71.6 Å². The van der Waals surface area contributed by atoms with Crippen molar-refractivity contribution in [1.82, 2.24) is 10.9 Å². The molecule has 0 radical (unpaired) electrons. The monoisotopic (exact) mass is 562 g/mol. The number of hydrogen-bond donors (Lipinski definition) is 3. The molecule has 0 saturated carbocycles. The molecule has 0 bridgehead atoms. The minimum Gasteiger partial charge on any atom is -0.343 e. The molecule has 1 aliphatic rings. The van der Waals surface area contributed by atoms with E-state index in [9.17, 15) is 26.0 Å². The largest absolute Gasteiger partial charge is 1.00 e. The smallest absolute Gasteiger partial charge is 0.343 e. The van der Waals surface area contributed by atoms with E-state index in [1.807, 2.05) is 0 Å². The number of halogens is 5. The van der Waals surface area contributed by atoms with Gasteiger partial charge in [0.2, 0.25) is 5.66 Å². The van der Waals surface area contributed by atoms with Crippen LogP contribution in [0.4, 0.5) is 23.2 Å². The number of nitrogens with one attached hydrogen (secondary N) is 3. The molecule has 4 rings (SSSR count). The van der Waals surface area contributed by atoms with Gasteiger partial charge in [0.25, 0.3) is 10.0 Å². The summed E-state index contributed by atoms with van der Waals surface area (Å²) in [4.78, 5) is -0.142. The van der Waals surface area contributed by atoms with Crippen molar-refractivity contribution in [3.05, 3.63) is 102 Å². The van der Waals surface area contributed by atoms with Gasteiger partial charge < -0.3 is 11.6 Å². The van der Waals surface area contributed by atoms with Crippen molar-refractivity contribution >= 4 is 27.3 Å². The normalized spacial score (nSPS) is 14.9. The van der Waals surface area contributed by atoms with Crippen LogP contribution in [0.25, 0.3) is 0 Å². The Morgan fingerprint density at radius 2 is 1.76 bits per heavy atom. The Morgan fingerprint density at radius 1 is 1.11 bits per heavy atom. The van der Waals surface area contributed by atoms with Gasteiger partial charge in [-0.1, -0.05) is 48.8 Å². The van der Waals surface area contributed by atoms with Gasteiger partial charge in [-0.2, -0.15) is 43.9 Å². The summed E-state index contributed by atoms with van der Waals surface area (Å²) in [6.45, 7) is 5.94. The SMILES string of the molecule is O=S(=O)(Nc1[c-]cccc1)c1ccc(C2(C(F)(F)F)NN2)cc1.[CH2-]CC(CCC)c1ccc(Cl)cc1F.[Li+]. The molecule has 3 N–H and O–H groups in total. The molecule has 5 nitrogen and oxygen atoms in total. The van der Waals surface area contributed by atoms with E-state index in [0.717, 1.165) is 49.1 Å². The van der Waals surface area contributed by atoms with E-state index < -0.39 is 21.9 Å². The number of rotatable bonds is 8. The maximum absolute atomic E-state index is 13.5. The molecule has 3 aromatic carbocycles. The molecule has 1 aliphatic heterocycles. The van der Waals surface area contributed by atoms with E-state index in [1.54, 1.807) is 30.3 Å². The average molecular weight is 563 g/mol. The number of anilines is 1. The molecule has 200 valence electrons. The molecule has 1 atom stereocenters. The van der Waals surface area contributed by atoms with Crippen LogP contribution < -0.4 is 34.4 Å². The van der Waals surface area contributed by atoms with Crippen LogP contribution >= 0.6 is 11.6 Å². The van der Waals surface area contributed by atoms with E-state index >= 15 is 0 Å². The van der Waals surface area contributed by atoms with Crippen molar-refractivity contribution in [3.63, 3.8) is 0 Å². The maximum atomic E-state index is 13.5. The number of benzene rings is 3. The summed E-state index contributed by atoms with van der Waals surface area (Å²) in [5.41, 5.74) is 2.68. The Kier molecular flexibility index (Phi) is 11.3. The molecule has 0 amide bonds. The van der Waals surface area contributed by atoms with Crippen molar-refractivity contribution in [3.8, 4) is 0 Å². The molecule has 12 heteroatoms. The van der Waals surface area contributed by atoms with Crippen molar-refractivity contribution in [2.45, 2.75) is 48.8 Å². The molecule has 38 heavy (non-hydrogen) atoms. The molecule has 3 aromatic rings. The zero-order valence-electron chi connectivity index (χ0n) is 20.9. The fourth-order valence-corrected chi connectivity index (χ4v) is 4.88. The summed E-state index contributed by atoms with van der Waals surface area (Å²) < 4.78 is 79.0. The predicted octanol–water partition coefficient (Wildman–Crippen LogP) is 3.70. The third kappa shape index (κ3) is 7.75. The summed E-state index contributed by atoms with van der Waals surface area (Å²) >= 11 is 5.69. The maximum Gasteiger partial charge on any atom is 1.00 e. The molecule has 0 aliphatic carbocycles. The van der Waals surface area contributed by atoms with Crippen molar-refractivity contribution < 1.29 is 44.8 Å². The second-order valence-corrected chi connectivity index (χ2v) is 10.5. The van der Waals surface area contributed by atoms with Gasteiger partial charge in [0.15, 0.2) is 0 Å². The topological polar surface area (TPSA) is 90.0 Å². The quantitative estimate of drug-likeness (QED) is 0.169. The second kappa shape index (κ2) is 13.3. The van der Waals surface area contributed by atoms with Crippen LogP contribution in [-0.2, 0) is 15.7 Å². The van der Waals surface area contributed by atoms with Crippen LogP contribution in [0, 0.1) is 18.8 Å². The van der Waals surface area contributed by atoms with Gasteiger partial charge in [-0.15, -0.1) is 6.07 Å². The molecule has 1 saturated heterocycles. The van der Waals surface area contributed by atoms with Gasteiger partial charge in [0, 0.05) is 5.02 Å². The van der Waals surface area contributed by atoms with Crippen molar-refractivity contribution in [2.24, 2.45) is 0 Å². The summed E-state index contributed by atoms with van der Waals surface area (Å²) in [7, 11) is -3.89. The average Bonchev–Trinajstić information content (AvgIpc) is 3.66. The van der Waals surface area contributed by atoms with Gasteiger partial charge in [-0.05, 0) is 47.7 Å². The standard InChI is InChI=1S/C14H11F3N3O2S.C12H15ClF.Li/c15-14(16,17)13(19-20-13)10-6-8-12(9-7-10)23(21,22)18-11-4-2-1-3-5-11;1-3-5-9(4-2)11-7-6-10(13)8-12(11)14;/h1-4,6-9,18-20H;6-9H,2-5H2,1H3;/q2*-1;+1. The minimum atomic E-state index is -4.54. The van der Waals surface area contributed by atoms with Gasteiger partial charge in [0.05, 0.1) is 4.90 Å². The third-order valence-electron chi connectivity index (χ3n) is 5.74. The van der Waals surface area contributed by atoms with Crippen LogP contribution in [0.3, 0.4) is 0 Å². The number of sulfonamides is 1. The Balaban J connectivity index is 0.000000292. The third-order valence-corrected chi connectivity index (χ3v) is 7.36. The molecule has 1 unspecified atom stereocenters. The van der Waals surface area contributed by atoms with Gasteiger partial charge in [0.1, 0.15) is 5.82 Å². The number of para-hydroxylation sites is 1. The first kappa shape index (κ1) is 32.2. The Bertz CT molecular complexity index is 1290. The molecule has 1 heterocycles. The summed E-state index contributed by atoms with van der Waals surface area (Å²) in [5.74, 6) is 0.0110. The molecular formula is C26H26ClF4LiN3O2S-. The van der Waals surface area contributed by atoms with Gasteiger partial charge in [-0.3, -0.25) is 0 Å². The van der Waals surface area contributed by atoms with Crippen LogP contribution in [0.5, 0.6) is 0 Å². The number of hydrazine groups is 1. The molecule has 0 spiro atoms. The van der Waals surface area contributed by atoms with Crippen molar-refractivity contribution in [1.29, 1.82) is 0 Å². The van der Waals surface area contributed by atoms with E-state index in [2.05, 4.69) is 35.5 Å². The number of hydrogen-bond acceptors (Lipinski definition) is 4. The Labute approximate surface area is 237 Å². The van der Waals surface area contributed by atoms with Gasteiger partial charge in [-0.25, -0.2) is 23.7 Å². The second-order valence-electron chi connectivity index (χ2n) is 8.34. The van der Waals surface area contributed by atoms with E-state index in [1.165, 1.54) is 12.1 Å². The summed E-state index contributed by atoms with van der Waals surface area (Å²) in [5, 5.41) is 0.450. The first-order chi connectivity index (χ1) is 17.4. The molecular weight excluding hydrogens is 537 g/mol. The first-order valence-corrected chi connectivity index (χ1v) is 13.2. The fraction of sp³-hybridized carbons (Fsp3) is 0.269. The van der Waals surface area contributed by atoms with E-state index in [4.69, 9.17) is 11.6 Å². The van der Waals surface area contributed by atoms with E-state index in [0.29, 0.717) is 5.02 Å². The minimum absolute atomic E-state index is 0. The number of alkyl halides is 3. The predicted molar refractivity (Wildman–Crippen MR) is 136 cm³/mol. The van der Waals surface area contributed by atoms with Gasteiger partial charge >= 0.3 is 25.0 Å². The Hall–Kier alpha value is -2.06. The summed E-state index contributed by atoms with van der Waals surface area (Å²) in [6.07, 6.45) is -1.79. The van der Waals surface area contributed by atoms with E-state index in [-0.39, 0.29) is 46.7 Å². The fourth-order valence-electron chi connectivity index (χ4n) is 3.69. The van der Waals surface area contributed by atoms with Crippen LogP contribution in [-0.4, -0.2) is 14.6 Å². The summed E-state index contributed by atoms with van der Waals surface area (Å²) in [6, 6.07) is 18.4. The zero-order valence-corrected chi connectivity index (χ0v) is 22.4. The first-order valence-electron chi connectivity index (χ1n) is 11.4. The Morgan fingerprint density at radius 3 is 2.24 bits per heavy atom. The molecule has 1 fully saturated rings. The van der Waals surface area contributed by atoms with Crippen molar-refractivity contribution in [2.75, 3.05) is 4.72 Å². The molecule has 0 aromatic heterocycles. The van der Waals surface area contributed by atoms with Crippen LogP contribution in [0.2, 0.25) is 5.02 Å².